The van der Waals surface area contributed by atoms with Crippen molar-refractivity contribution in [1.29, 1.82) is 0 Å². The molecule has 4 heteroatoms. The summed E-state index contributed by atoms with van der Waals surface area (Å²) in [6.45, 7) is 10.4. The number of aromatic nitrogens is 4. The highest BCUT2D eigenvalue weighted by Crippen LogP contribution is 2.23. The first kappa shape index (κ1) is 11.0. The van der Waals surface area contributed by atoms with Crippen LogP contribution >= 0.6 is 0 Å². The molecule has 0 atom stereocenters. The van der Waals surface area contributed by atoms with Gasteiger partial charge in [0.15, 0.2) is 5.65 Å². The quantitative estimate of drug-likeness (QED) is 0.778. The zero-order valence-corrected chi connectivity index (χ0v) is 10.5. The molecule has 0 aliphatic heterocycles. The summed E-state index contributed by atoms with van der Waals surface area (Å²) in [5.41, 5.74) is 2.04. The van der Waals surface area contributed by atoms with Crippen molar-refractivity contribution in [3.8, 4) is 0 Å². The minimum absolute atomic E-state index is 0.326. The highest BCUT2D eigenvalue weighted by atomic mass is 15.3. The number of hydrogen-bond acceptors (Lipinski definition) is 3. The number of rotatable bonds is 2. The number of hydrogen-bond donors (Lipinski definition) is 0. The molecule has 0 N–H and O–H groups in total. The molecule has 86 valence electrons. The van der Waals surface area contributed by atoms with Crippen molar-refractivity contribution in [2.24, 2.45) is 0 Å². The monoisotopic (exact) mass is 218 g/mol. The molecule has 0 spiro atoms. The lowest BCUT2D eigenvalue weighted by molar-refractivity contribution is 0.545. The maximum absolute atomic E-state index is 4.51. The Labute approximate surface area is 95.7 Å². The molecule has 2 aromatic rings. The SMILES string of the molecule is Cc1nc(C(C)C)c2cnn(C(C)C)c2n1. The van der Waals surface area contributed by atoms with E-state index in [9.17, 15) is 0 Å². The van der Waals surface area contributed by atoms with E-state index in [2.05, 4.69) is 42.8 Å². The van der Waals surface area contributed by atoms with Crippen molar-refractivity contribution < 1.29 is 0 Å². The molecule has 0 saturated carbocycles. The summed E-state index contributed by atoms with van der Waals surface area (Å²) in [6.07, 6.45) is 1.88. The molecule has 0 aromatic carbocycles. The van der Waals surface area contributed by atoms with Crippen molar-refractivity contribution in [2.75, 3.05) is 0 Å². The molecular formula is C12H18N4. The zero-order valence-electron chi connectivity index (χ0n) is 10.5. The van der Waals surface area contributed by atoms with Gasteiger partial charge >= 0.3 is 0 Å². The standard InChI is InChI=1S/C12H18N4/c1-7(2)11-10-6-13-16(8(3)4)12(10)15-9(5)14-11/h6-8H,1-5H3. The van der Waals surface area contributed by atoms with Gasteiger partial charge in [-0.05, 0) is 26.7 Å². The average Bonchev–Trinajstić information content (AvgIpc) is 2.59. The Morgan fingerprint density at radius 1 is 1.12 bits per heavy atom. The van der Waals surface area contributed by atoms with E-state index in [4.69, 9.17) is 0 Å². The summed E-state index contributed by atoms with van der Waals surface area (Å²) in [5.74, 6) is 1.22. The highest BCUT2D eigenvalue weighted by molar-refractivity contribution is 5.77. The molecule has 0 unspecified atom stereocenters. The Morgan fingerprint density at radius 3 is 2.38 bits per heavy atom. The number of nitrogens with zero attached hydrogens (tertiary/aromatic N) is 4. The largest absolute Gasteiger partial charge is 0.245 e. The van der Waals surface area contributed by atoms with Gasteiger partial charge < -0.3 is 0 Å². The second-order valence-corrected chi connectivity index (χ2v) is 4.73. The lowest BCUT2D eigenvalue weighted by Crippen LogP contribution is -2.06. The number of fused-ring (bicyclic) bond motifs is 1. The van der Waals surface area contributed by atoms with Crippen LogP contribution in [0.5, 0.6) is 0 Å². The molecule has 0 bridgehead atoms. The second-order valence-electron chi connectivity index (χ2n) is 4.73. The number of aryl methyl sites for hydroxylation is 1. The van der Waals surface area contributed by atoms with Crippen LogP contribution in [0.25, 0.3) is 11.0 Å². The second kappa shape index (κ2) is 3.85. The highest BCUT2D eigenvalue weighted by Gasteiger charge is 2.14. The van der Waals surface area contributed by atoms with Crippen molar-refractivity contribution >= 4 is 11.0 Å². The Kier molecular flexibility index (Phi) is 2.66. The maximum Gasteiger partial charge on any atom is 0.161 e. The van der Waals surface area contributed by atoms with Crippen molar-refractivity contribution in [2.45, 2.75) is 46.6 Å². The molecule has 4 nitrogen and oxygen atoms in total. The van der Waals surface area contributed by atoms with Crippen LogP contribution in [0.2, 0.25) is 0 Å². The summed E-state index contributed by atoms with van der Waals surface area (Å²) < 4.78 is 1.95. The fourth-order valence-corrected chi connectivity index (χ4v) is 1.88. The predicted molar refractivity (Wildman–Crippen MR) is 64.5 cm³/mol. The van der Waals surface area contributed by atoms with E-state index in [1.165, 1.54) is 0 Å². The summed E-state index contributed by atoms with van der Waals surface area (Å²) in [6, 6.07) is 0.326. The molecule has 2 heterocycles. The van der Waals surface area contributed by atoms with Gasteiger partial charge in [-0.1, -0.05) is 13.8 Å². The van der Waals surface area contributed by atoms with Crippen molar-refractivity contribution in [1.82, 2.24) is 19.7 Å². The van der Waals surface area contributed by atoms with E-state index < -0.39 is 0 Å². The van der Waals surface area contributed by atoms with E-state index in [1.54, 1.807) is 0 Å². The lowest BCUT2D eigenvalue weighted by atomic mass is 10.1. The van der Waals surface area contributed by atoms with Gasteiger partial charge in [-0.25, -0.2) is 14.6 Å². The fourth-order valence-electron chi connectivity index (χ4n) is 1.88. The van der Waals surface area contributed by atoms with Gasteiger partial charge in [0.1, 0.15) is 5.82 Å². The molecule has 0 saturated heterocycles. The van der Waals surface area contributed by atoms with Crippen LogP contribution in [0.15, 0.2) is 6.20 Å². The van der Waals surface area contributed by atoms with Gasteiger partial charge in [-0.15, -0.1) is 0 Å². The van der Waals surface area contributed by atoms with Crippen molar-refractivity contribution in [3.63, 3.8) is 0 Å². The molecule has 0 aliphatic carbocycles. The topological polar surface area (TPSA) is 43.6 Å². The molecular weight excluding hydrogens is 200 g/mol. The Morgan fingerprint density at radius 2 is 1.81 bits per heavy atom. The Hall–Kier alpha value is -1.45. The van der Waals surface area contributed by atoms with Crippen LogP contribution in [0.3, 0.4) is 0 Å². The first-order valence-corrected chi connectivity index (χ1v) is 5.72. The Bertz CT molecular complexity index is 511. The van der Waals surface area contributed by atoms with Crippen LogP contribution in [-0.4, -0.2) is 19.7 Å². The summed E-state index contributed by atoms with van der Waals surface area (Å²) in [4.78, 5) is 9.00. The van der Waals surface area contributed by atoms with E-state index in [0.717, 1.165) is 22.6 Å². The van der Waals surface area contributed by atoms with Gasteiger partial charge in [-0.2, -0.15) is 5.10 Å². The van der Waals surface area contributed by atoms with E-state index in [0.29, 0.717) is 12.0 Å². The summed E-state index contributed by atoms with van der Waals surface area (Å²) in [5, 5.41) is 5.47. The first-order chi connectivity index (χ1) is 7.50. The zero-order chi connectivity index (χ0) is 11.9. The lowest BCUT2D eigenvalue weighted by Gasteiger charge is -2.09. The molecule has 0 radical (unpaired) electrons. The molecule has 0 amide bonds. The first-order valence-electron chi connectivity index (χ1n) is 5.72. The fraction of sp³-hybridized carbons (Fsp3) is 0.583. The van der Waals surface area contributed by atoms with Crippen LogP contribution in [0.4, 0.5) is 0 Å². The third-order valence-electron chi connectivity index (χ3n) is 2.63. The van der Waals surface area contributed by atoms with Gasteiger partial charge in [0.05, 0.1) is 17.3 Å². The van der Waals surface area contributed by atoms with Gasteiger partial charge in [0.25, 0.3) is 0 Å². The summed E-state index contributed by atoms with van der Waals surface area (Å²) in [7, 11) is 0. The van der Waals surface area contributed by atoms with Crippen LogP contribution in [0, 0.1) is 6.92 Å². The van der Waals surface area contributed by atoms with E-state index >= 15 is 0 Å². The minimum atomic E-state index is 0.326. The molecule has 2 aromatic heterocycles. The minimum Gasteiger partial charge on any atom is -0.245 e. The summed E-state index contributed by atoms with van der Waals surface area (Å²) >= 11 is 0. The average molecular weight is 218 g/mol. The molecule has 0 fully saturated rings. The van der Waals surface area contributed by atoms with Gasteiger partial charge in [-0.3, -0.25) is 0 Å². The molecule has 0 aliphatic rings. The van der Waals surface area contributed by atoms with Gasteiger partial charge in [0.2, 0.25) is 0 Å². The Balaban J connectivity index is 2.75. The third-order valence-corrected chi connectivity index (χ3v) is 2.63. The van der Waals surface area contributed by atoms with E-state index in [-0.39, 0.29) is 0 Å². The third kappa shape index (κ3) is 1.68. The predicted octanol–water partition coefficient (Wildman–Crippen LogP) is 2.84. The van der Waals surface area contributed by atoms with Crippen LogP contribution < -0.4 is 0 Å². The smallest absolute Gasteiger partial charge is 0.161 e. The van der Waals surface area contributed by atoms with Gasteiger partial charge in [0, 0.05) is 6.04 Å². The molecule has 16 heavy (non-hydrogen) atoms. The molecule has 2 rings (SSSR count). The normalized spacial score (nSPS) is 11.9. The van der Waals surface area contributed by atoms with Crippen molar-refractivity contribution in [3.05, 3.63) is 17.7 Å². The maximum atomic E-state index is 4.51. The van der Waals surface area contributed by atoms with Crippen LogP contribution in [-0.2, 0) is 0 Å². The van der Waals surface area contributed by atoms with Crippen LogP contribution in [0.1, 0.15) is 51.2 Å². The van der Waals surface area contributed by atoms with E-state index in [1.807, 2.05) is 17.8 Å².